The van der Waals surface area contributed by atoms with Crippen molar-refractivity contribution in [2.75, 3.05) is 20.2 Å². The Kier molecular flexibility index (Phi) is 4.92. The Hall–Kier alpha value is -3.64. The van der Waals surface area contributed by atoms with Crippen LogP contribution in [-0.4, -0.2) is 49.1 Å². The molecule has 6 heteroatoms. The van der Waals surface area contributed by atoms with E-state index in [1.807, 2.05) is 53.4 Å². The lowest BCUT2D eigenvalue weighted by atomic mass is 9.94. The molecule has 34 heavy (non-hydrogen) atoms. The normalized spacial score (nSPS) is 20.1. The van der Waals surface area contributed by atoms with Crippen molar-refractivity contribution in [1.82, 2.24) is 4.90 Å². The van der Waals surface area contributed by atoms with Gasteiger partial charge in [-0.2, -0.15) is 0 Å². The maximum atomic E-state index is 13.3. The van der Waals surface area contributed by atoms with Gasteiger partial charge < -0.3 is 20.1 Å². The summed E-state index contributed by atoms with van der Waals surface area (Å²) in [5.74, 6) is 0.346. The Balaban J connectivity index is 1.37. The number of carbonyl (C=O) groups excluding carboxylic acids is 2. The smallest absolute Gasteiger partial charge is 0.254 e. The molecular formula is C28H26N2O4. The van der Waals surface area contributed by atoms with E-state index < -0.39 is 5.91 Å². The number of likely N-dealkylation sites (tertiary alicyclic amines) is 1. The number of ether oxygens (including phenoxy) is 2. The van der Waals surface area contributed by atoms with Gasteiger partial charge in [-0.3, -0.25) is 9.59 Å². The molecule has 0 saturated carbocycles. The lowest BCUT2D eigenvalue weighted by Crippen LogP contribution is -2.45. The van der Waals surface area contributed by atoms with E-state index >= 15 is 0 Å². The monoisotopic (exact) mass is 454 g/mol. The third kappa shape index (κ3) is 3.46. The largest absolute Gasteiger partial charge is 0.497 e. The number of hydrogen-bond acceptors (Lipinski definition) is 4. The second-order valence-electron chi connectivity index (χ2n) is 9.36. The van der Waals surface area contributed by atoms with E-state index in [9.17, 15) is 9.59 Å². The van der Waals surface area contributed by atoms with E-state index in [1.165, 1.54) is 0 Å². The Morgan fingerprint density at radius 2 is 1.76 bits per heavy atom. The van der Waals surface area contributed by atoms with Crippen LogP contribution in [0.4, 0.5) is 0 Å². The number of primary amides is 1. The van der Waals surface area contributed by atoms with Crippen LogP contribution in [0.5, 0.6) is 5.75 Å². The van der Waals surface area contributed by atoms with Gasteiger partial charge in [-0.05, 0) is 89.0 Å². The average molecular weight is 455 g/mol. The first-order chi connectivity index (χ1) is 16.5. The zero-order chi connectivity index (χ0) is 23.4. The van der Waals surface area contributed by atoms with Crippen molar-refractivity contribution >= 4 is 11.8 Å². The number of hydrogen-bond donors (Lipinski definition) is 1. The first kappa shape index (κ1) is 20.9. The molecule has 6 rings (SSSR count). The molecule has 2 aliphatic heterocycles. The van der Waals surface area contributed by atoms with Crippen molar-refractivity contribution in [3.05, 3.63) is 76.9 Å². The minimum Gasteiger partial charge on any atom is -0.497 e. The fraction of sp³-hybridized carbons (Fsp3) is 0.286. The molecule has 2 atom stereocenters. The summed E-state index contributed by atoms with van der Waals surface area (Å²) >= 11 is 0. The Labute approximate surface area is 198 Å². The maximum absolute atomic E-state index is 13.3. The molecule has 0 aromatic heterocycles. The highest BCUT2D eigenvalue weighted by molar-refractivity contribution is 6.01. The molecule has 2 N–H and O–H groups in total. The van der Waals surface area contributed by atoms with Gasteiger partial charge in [0.1, 0.15) is 5.75 Å². The molecule has 2 heterocycles. The number of carbonyl (C=O) groups is 2. The van der Waals surface area contributed by atoms with Crippen LogP contribution in [0.2, 0.25) is 0 Å². The summed E-state index contributed by atoms with van der Waals surface area (Å²) < 4.78 is 11.3. The molecule has 2 unspecified atom stereocenters. The van der Waals surface area contributed by atoms with Gasteiger partial charge in [0, 0.05) is 24.2 Å². The van der Waals surface area contributed by atoms with E-state index in [2.05, 4.69) is 6.07 Å². The average Bonchev–Trinajstić information content (AvgIpc) is 3.40. The van der Waals surface area contributed by atoms with Crippen molar-refractivity contribution in [2.45, 2.75) is 31.5 Å². The van der Waals surface area contributed by atoms with Crippen LogP contribution in [0.25, 0.3) is 22.3 Å². The standard InChI is InChI=1S/C28H26N2O4/c1-33-20-4-2-3-16(10-20)18-11-24-23-8-5-17(9-19(23)13-25(24)26(12-18)27(29)31)28(32)30-14-21-6-7-22(15-30)34-21/h2-5,8-12,21-22H,6-7,13-15H2,1H3,(H2,29,31). The second-order valence-corrected chi connectivity index (χ2v) is 9.36. The van der Waals surface area contributed by atoms with Crippen LogP contribution in [0.15, 0.2) is 54.6 Å². The molecule has 3 aliphatic rings. The lowest BCUT2D eigenvalue weighted by Gasteiger charge is -2.32. The van der Waals surface area contributed by atoms with Crippen LogP contribution in [-0.2, 0) is 11.2 Å². The van der Waals surface area contributed by atoms with Crippen molar-refractivity contribution < 1.29 is 19.1 Å². The Morgan fingerprint density at radius 1 is 0.971 bits per heavy atom. The van der Waals surface area contributed by atoms with Gasteiger partial charge in [0.05, 0.1) is 19.3 Å². The maximum Gasteiger partial charge on any atom is 0.254 e. The van der Waals surface area contributed by atoms with Gasteiger partial charge in [0.15, 0.2) is 0 Å². The molecule has 2 saturated heterocycles. The third-order valence-corrected chi connectivity index (χ3v) is 7.26. The van der Waals surface area contributed by atoms with E-state index in [-0.39, 0.29) is 18.1 Å². The van der Waals surface area contributed by atoms with Crippen molar-refractivity contribution in [1.29, 1.82) is 0 Å². The number of nitrogens with two attached hydrogens (primary N) is 1. The van der Waals surface area contributed by atoms with Gasteiger partial charge in [-0.1, -0.05) is 18.2 Å². The SMILES string of the molecule is COc1cccc(-c2cc(C(N)=O)c3c(c2)-c2ccc(C(=O)N4CC5CCC(C4)O5)cc2C3)c1. The molecule has 2 fully saturated rings. The van der Waals surface area contributed by atoms with Crippen molar-refractivity contribution in [3.8, 4) is 28.0 Å². The number of nitrogens with zero attached hydrogens (tertiary/aromatic N) is 1. The van der Waals surface area contributed by atoms with Gasteiger partial charge in [0.25, 0.3) is 5.91 Å². The molecule has 1 aliphatic carbocycles. The third-order valence-electron chi connectivity index (χ3n) is 7.26. The van der Waals surface area contributed by atoms with Crippen LogP contribution in [0, 0.1) is 0 Å². The Morgan fingerprint density at radius 3 is 2.50 bits per heavy atom. The number of amides is 2. The summed E-state index contributed by atoms with van der Waals surface area (Å²) in [6.07, 6.45) is 2.96. The molecule has 6 nitrogen and oxygen atoms in total. The molecular weight excluding hydrogens is 428 g/mol. The topological polar surface area (TPSA) is 81.9 Å². The first-order valence-electron chi connectivity index (χ1n) is 11.7. The number of rotatable bonds is 4. The van der Waals surface area contributed by atoms with Crippen LogP contribution in [0.1, 0.15) is 44.7 Å². The fourth-order valence-electron chi connectivity index (χ4n) is 5.58. The Bertz CT molecular complexity index is 1320. The zero-order valence-corrected chi connectivity index (χ0v) is 19.0. The zero-order valence-electron chi connectivity index (χ0n) is 19.0. The minimum atomic E-state index is -0.450. The summed E-state index contributed by atoms with van der Waals surface area (Å²) in [7, 11) is 1.63. The summed E-state index contributed by atoms with van der Waals surface area (Å²) in [4.78, 5) is 27.6. The van der Waals surface area contributed by atoms with Crippen LogP contribution < -0.4 is 10.5 Å². The minimum absolute atomic E-state index is 0.0474. The molecule has 3 aromatic rings. The van der Waals surface area contributed by atoms with Crippen LogP contribution >= 0.6 is 0 Å². The number of benzene rings is 3. The number of morpholine rings is 1. The summed E-state index contributed by atoms with van der Waals surface area (Å²) in [6.45, 7) is 1.31. The molecule has 0 radical (unpaired) electrons. The van der Waals surface area contributed by atoms with Crippen LogP contribution in [0.3, 0.4) is 0 Å². The van der Waals surface area contributed by atoms with E-state index in [0.717, 1.165) is 52.0 Å². The first-order valence-corrected chi connectivity index (χ1v) is 11.7. The lowest BCUT2D eigenvalue weighted by molar-refractivity contribution is -0.0303. The van der Waals surface area contributed by atoms with Gasteiger partial charge in [-0.25, -0.2) is 0 Å². The molecule has 2 bridgehead atoms. The van der Waals surface area contributed by atoms with Crippen molar-refractivity contribution in [2.24, 2.45) is 5.73 Å². The molecule has 2 amide bonds. The molecule has 172 valence electrons. The highest BCUT2D eigenvalue weighted by Gasteiger charge is 2.36. The molecule has 0 spiro atoms. The predicted octanol–water partition coefficient (Wildman–Crippen LogP) is 4.04. The second kappa shape index (κ2) is 7.99. The van der Waals surface area contributed by atoms with Gasteiger partial charge >= 0.3 is 0 Å². The highest BCUT2D eigenvalue weighted by atomic mass is 16.5. The quantitative estimate of drug-likeness (QED) is 0.505. The summed E-state index contributed by atoms with van der Waals surface area (Å²) in [5, 5.41) is 0. The van der Waals surface area contributed by atoms with E-state index in [4.69, 9.17) is 15.2 Å². The fourth-order valence-corrected chi connectivity index (χ4v) is 5.58. The summed E-state index contributed by atoms with van der Waals surface area (Å²) in [5.41, 5.74) is 12.9. The number of fused-ring (bicyclic) bond motifs is 5. The van der Waals surface area contributed by atoms with Gasteiger partial charge in [-0.15, -0.1) is 0 Å². The van der Waals surface area contributed by atoms with Crippen molar-refractivity contribution in [3.63, 3.8) is 0 Å². The predicted molar refractivity (Wildman–Crippen MR) is 129 cm³/mol. The summed E-state index contributed by atoms with van der Waals surface area (Å²) in [6, 6.07) is 17.6. The number of methoxy groups -OCH3 is 1. The van der Waals surface area contributed by atoms with E-state index in [0.29, 0.717) is 30.6 Å². The van der Waals surface area contributed by atoms with E-state index in [1.54, 1.807) is 7.11 Å². The highest BCUT2D eigenvalue weighted by Crippen LogP contribution is 2.42. The van der Waals surface area contributed by atoms with Gasteiger partial charge in [0.2, 0.25) is 5.91 Å². The molecule has 3 aromatic carbocycles.